The van der Waals surface area contributed by atoms with Gasteiger partial charge in [0.25, 0.3) is 10.1 Å². The predicted octanol–water partition coefficient (Wildman–Crippen LogP) is 3.76. The summed E-state index contributed by atoms with van der Waals surface area (Å²) >= 11 is 0. The van der Waals surface area contributed by atoms with E-state index < -0.39 is 22.0 Å². The number of rotatable bonds is 10. The molecular weight excluding hydrogens is 408 g/mol. The third kappa shape index (κ3) is 5.96. The molecule has 0 fully saturated rings. The average molecular weight is 437 g/mol. The Morgan fingerprint density at radius 2 is 1.50 bits per heavy atom. The lowest BCUT2D eigenvalue weighted by atomic mass is 9.92. The van der Waals surface area contributed by atoms with E-state index in [0.29, 0.717) is 23.5 Å². The van der Waals surface area contributed by atoms with Crippen LogP contribution in [0.25, 0.3) is 0 Å². The van der Waals surface area contributed by atoms with E-state index in [0.717, 1.165) is 11.1 Å². The summed E-state index contributed by atoms with van der Waals surface area (Å²) in [5, 5.41) is 0. The number of carbonyl (C=O) groups excluding carboxylic acids is 1. The molecule has 1 atom stereocenters. The molecular formula is C22H28O7S. The molecule has 0 aromatic heterocycles. The van der Waals surface area contributed by atoms with Crippen molar-refractivity contribution in [1.82, 2.24) is 0 Å². The number of methoxy groups -OCH3 is 3. The number of hydrogen-bond acceptors (Lipinski definition) is 7. The molecule has 0 amide bonds. The highest BCUT2D eigenvalue weighted by atomic mass is 32.2. The summed E-state index contributed by atoms with van der Waals surface area (Å²) in [4.78, 5) is 11.8. The first-order valence-corrected chi connectivity index (χ1v) is 10.9. The van der Waals surface area contributed by atoms with E-state index in [2.05, 4.69) is 0 Å². The van der Waals surface area contributed by atoms with Crippen LogP contribution in [0.4, 0.5) is 0 Å². The number of carbonyl (C=O) groups is 1. The Hall–Kier alpha value is -2.58. The van der Waals surface area contributed by atoms with Crippen LogP contribution in [0.3, 0.4) is 0 Å². The van der Waals surface area contributed by atoms with E-state index in [1.54, 1.807) is 12.1 Å². The summed E-state index contributed by atoms with van der Waals surface area (Å²) in [5.41, 5.74) is 2.51. The highest BCUT2D eigenvalue weighted by molar-refractivity contribution is 7.86. The van der Waals surface area contributed by atoms with Gasteiger partial charge >= 0.3 is 5.97 Å². The van der Waals surface area contributed by atoms with Crippen molar-refractivity contribution in [3.8, 4) is 11.5 Å². The minimum atomic E-state index is -3.97. The quantitative estimate of drug-likeness (QED) is 0.414. The highest BCUT2D eigenvalue weighted by Crippen LogP contribution is 2.39. The zero-order valence-corrected chi connectivity index (χ0v) is 18.7. The first kappa shape index (κ1) is 23.7. The molecule has 2 aromatic rings. The molecule has 0 saturated heterocycles. The second-order valence-corrected chi connectivity index (χ2v) is 8.56. The molecule has 30 heavy (non-hydrogen) atoms. The van der Waals surface area contributed by atoms with Gasteiger partial charge in [0.05, 0.1) is 32.8 Å². The molecule has 0 aliphatic heterocycles. The monoisotopic (exact) mass is 436 g/mol. The Bertz CT molecular complexity index is 940. The molecule has 2 aromatic carbocycles. The second-order valence-electron chi connectivity index (χ2n) is 6.95. The fraction of sp³-hybridized carbons (Fsp3) is 0.409. The topological polar surface area (TPSA) is 88.1 Å². The molecule has 0 radical (unpaired) electrons. The fourth-order valence-electron chi connectivity index (χ4n) is 3.12. The number of esters is 1. The van der Waals surface area contributed by atoms with Crippen molar-refractivity contribution in [3.63, 3.8) is 0 Å². The molecule has 0 heterocycles. The van der Waals surface area contributed by atoms with Gasteiger partial charge in [0.2, 0.25) is 0 Å². The van der Waals surface area contributed by atoms with Gasteiger partial charge in [-0.1, -0.05) is 17.7 Å². The molecule has 0 bridgehead atoms. The van der Waals surface area contributed by atoms with Crippen LogP contribution in [0.5, 0.6) is 11.5 Å². The van der Waals surface area contributed by atoms with Crippen molar-refractivity contribution in [3.05, 3.63) is 53.1 Å². The standard InChI is InChI=1S/C22H28O7S/c1-15-6-9-18(10-7-15)30(24,25)29-14-17(8-11-21(23)28-5)22-19(26-3)12-16(2)13-20(22)27-4/h6-7,9-10,12-13,17H,8,11,14H2,1-5H3. The summed E-state index contributed by atoms with van der Waals surface area (Å²) in [6, 6.07) is 10.1. The van der Waals surface area contributed by atoms with Gasteiger partial charge in [-0.25, -0.2) is 0 Å². The lowest BCUT2D eigenvalue weighted by Gasteiger charge is -2.22. The Balaban J connectivity index is 2.37. The van der Waals surface area contributed by atoms with Gasteiger partial charge in [-0.15, -0.1) is 0 Å². The average Bonchev–Trinajstić information content (AvgIpc) is 2.73. The maximum absolute atomic E-state index is 12.7. The molecule has 1 unspecified atom stereocenters. The van der Waals surface area contributed by atoms with Crippen LogP contribution in [0, 0.1) is 13.8 Å². The van der Waals surface area contributed by atoms with Crippen molar-refractivity contribution in [2.75, 3.05) is 27.9 Å². The predicted molar refractivity (Wildman–Crippen MR) is 113 cm³/mol. The Morgan fingerprint density at radius 3 is 2.00 bits per heavy atom. The highest BCUT2D eigenvalue weighted by Gasteiger charge is 2.26. The van der Waals surface area contributed by atoms with Crippen molar-refractivity contribution < 1.29 is 31.6 Å². The molecule has 0 aliphatic rings. The SMILES string of the molecule is COC(=O)CCC(COS(=O)(=O)c1ccc(C)cc1)c1c(OC)cc(C)cc1OC. The normalized spacial score (nSPS) is 12.3. The second kappa shape index (κ2) is 10.4. The van der Waals surface area contributed by atoms with Crippen molar-refractivity contribution in [1.29, 1.82) is 0 Å². The number of benzene rings is 2. The summed E-state index contributed by atoms with van der Waals surface area (Å²) in [6.45, 7) is 3.59. The van der Waals surface area contributed by atoms with Crippen LogP contribution in [-0.2, 0) is 23.8 Å². The van der Waals surface area contributed by atoms with Gasteiger partial charge in [-0.05, 0) is 50.1 Å². The van der Waals surface area contributed by atoms with E-state index in [-0.39, 0.29) is 17.9 Å². The largest absolute Gasteiger partial charge is 0.496 e. The summed E-state index contributed by atoms with van der Waals surface area (Å²) in [6.07, 6.45) is 0.390. The molecule has 164 valence electrons. The Morgan fingerprint density at radius 1 is 0.933 bits per heavy atom. The van der Waals surface area contributed by atoms with E-state index in [4.69, 9.17) is 18.4 Å². The number of hydrogen-bond donors (Lipinski definition) is 0. The first-order chi connectivity index (χ1) is 14.2. The van der Waals surface area contributed by atoms with Gasteiger partial charge < -0.3 is 14.2 Å². The maximum atomic E-state index is 12.7. The van der Waals surface area contributed by atoms with E-state index in [9.17, 15) is 13.2 Å². The molecule has 2 rings (SSSR count). The van der Waals surface area contributed by atoms with Crippen LogP contribution in [0.2, 0.25) is 0 Å². The minimum Gasteiger partial charge on any atom is -0.496 e. The lowest BCUT2D eigenvalue weighted by molar-refractivity contribution is -0.140. The summed E-state index contributed by atoms with van der Waals surface area (Å²) in [5.74, 6) is 0.206. The minimum absolute atomic E-state index is 0.0719. The molecule has 0 saturated carbocycles. The zero-order valence-electron chi connectivity index (χ0n) is 17.9. The van der Waals surface area contributed by atoms with Crippen molar-refractivity contribution in [2.45, 2.75) is 37.5 Å². The zero-order chi connectivity index (χ0) is 22.3. The summed E-state index contributed by atoms with van der Waals surface area (Å²) < 4.78 is 46.5. The van der Waals surface area contributed by atoms with Crippen molar-refractivity contribution >= 4 is 16.1 Å². The molecule has 0 N–H and O–H groups in total. The van der Waals surface area contributed by atoms with Gasteiger partial charge in [0.1, 0.15) is 11.5 Å². The van der Waals surface area contributed by atoms with Gasteiger partial charge in [0.15, 0.2) is 0 Å². The third-order valence-corrected chi connectivity index (χ3v) is 6.05. The van der Waals surface area contributed by atoms with Crippen LogP contribution in [0.15, 0.2) is 41.3 Å². The van der Waals surface area contributed by atoms with Crippen LogP contribution in [-0.4, -0.2) is 42.3 Å². The number of aryl methyl sites for hydroxylation is 2. The molecule has 0 spiro atoms. The first-order valence-electron chi connectivity index (χ1n) is 9.47. The van der Waals surface area contributed by atoms with Crippen LogP contribution in [0.1, 0.15) is 35.4 Å². The van der Waals surface area contributed by atoms with Crippen molar-refractivity contribution in [2.24, 2.45) is 0 Å². The van der Waals surface area contributed by atoms with Crippen LogP contribution < -0.4 is 9.47 Å². The van der Waals surface area contributed by atoms with Gasteiger partial charge in [-0.2, -0.15) is 8.42 Å². The molecule has 7 nitrogen and oxygen atoms in total. The lowest BCUT2D eigenvalue weighted by Crippen LogP contribution is -2.17. The van der Waals surface area contributed by atoms with E-state index in [1.165, 1.54) is 33.5 Å². The van der Waals surface area contributed by atoms with Crippen LogP contribution >= 0.6 is 0 Å². The molecule has 0 aliphatic carbocycles. The maximum Gasteiger partial charge on any atom is 0.305 e. The Labute approximate surface area is 178 Å². The third-order valence-electron chi connectivity index (χ3n) is 4.76. The van der Waals surface area contributed by atoms with E-state index in [1.807, 2.05) is 26.0 Å². The smallest absolute Gasteiger partial charge is 0.305 e. The summed E-state index contributed by atoms with van der Waals surface area (Å²) in [7, 11) is 0.392. The fourth-order valence-corrected chi connectivity index (χ4v) is 4.07. The number of ether oxygens (including phenoxy) is 3. The van der Waals surface area contributed by atoms with Gasteiger partial charge in [0, 0.05) is 17.9 Å². The molecule has 8 heteroatoms. The van der Waals surface area contributed by atoms with Gasteiger partial charge in [-0.3, -0.25) is 8.98 Å². The van der Waals surface area contributed by atoms with E-state index >= 15 is 0 Å². The Kier molecular flexibility index (Phi) is 8.25.